The van der Waals surface area contributed by atoms with Crippen molar-refractivity contribution in [3.8, 4) is 11.3 Å². The molecule has 0 spiro atoms. The fourth-order valence-electron chi connectivity index (χ4n) is 3.41. The number of carbonyl (C=O) groups is 1. The summed E-state index contributed by atoms with van der Waals surface area (Å²) in [4.78, 5) is 15.6. The monoisotopic (exact) mass is 399 g/mol. The van der Waals surface area contributed by atoms with Crippen LogP contribution in [0.3, 0.4) is 0 Å². The molecular formula is C21H25N3O3S. The highest BCUT2D eigenvalue weighted by atomic mass is 32.2. The zero-order chi connectivity index (χ0) is 20.3. The number of sulfonamides is 1. The Kier molecular flexibility index (Phi) is 5.86. The molecule has 7 heteroatoms. The molecule has 0 aliphatic rings. The van der Waals surface area contributed by atoms with E-state index in [0.29, 0.717) is 6.54 Å². The second-order valence-corrected chi connectivity index (χ2v) is 8.82. The summed E-state index contributed by atoms with van der Waals surface area (Å²) >= 11 is 0. The van der Waals surface area contributed by atoms with Gasteiger partial charge in [-0.3, -0.25) is 4.79 Å². The Balaban J connectivity index is 1.81. The maximum absolute atomic E-state index is 12.1. The van der Waals surface area contributed by atoms with Crippen LogP contribution in [0.1, 0.15) is 29.5 Å². The predicted molar refractivity (Wildman–Crippen MR) is 112 cm³/mol. The van der Waals surface area contributed by atoms with Crippen LogP contribution in [0, 0.1) is 13.8 Å². The molecule has 1 aromatic heterocycles. The molecule has 6 nitrogen and oxygen atoms in total. The van der Waals surface area contributed by atoms with Crippen molar-refractivity contribution in [3.05, 3.63) is 59.2 Å². The van der Waals surface area contributed by atoms with Crippen molar-refractivity contribution < 1.29 is 13.2 Å². The maximum atomic E-state index is 12.1. The highest BCUT2D eigenvalue weighted by Gasteiger charge is 2.14. The van der Waals surface area contributed by atoms with Crippen LogP contribution in [0.15, 0.2) is 42.5 Å². The van der Waals surface area contributed by atoms with E-state index < -0.39 is 10.0 Å². The molecular weight excluding hydrogens is 374 g/mol. The number of aryl methyl sites for hydroxylation is 2. The van der Waals surface area contributed by atoms with E-state index >= 15 is 0 Å². The first kappa shape index (κ1) is 20.1. The predicted octanol–water partition coefficient (Wildman–Crippen LogP) is 3.14. The Labute approximate surface area is 165 Å². The molecule has 4 N–H and O–H groups in total. The second kappa shape index (κ2) is 8.16. The third-order valence-corrected chi connectivity index (χ3v) is 5.62. The smallest absolute Gasteiger partial charge is 0.220 e. The molecule has 0 unspecified atom stereocenters. The Hall–Kier alpha value is -2.64. The Morgan fingerprint density at radius 3 is 2.54 bits per heavy atom. The number of aromatic nitrogens is 1. The van der Waals surface area contributed by atoms with Crippen LogP contribution >= 0.6 is 0 Å². The van der Waals surface area contributed by atoms with E-state index in [1.54, 1.807) is 0 Å². The van der Waals surface area contributed by atoms with E-state index in [9.17, 15) is 13.2 Å². The van der Waals surface area contributed by atoms with E-state index in [1.807, 2.05) is 25.1 Å². The number of hydrogen-bond acceptors (Lipinski definition) is 3. The van der Waals surface area contributed by atoms with Gasteiger partial charge < -0.3 is 10.3 Å². The van der Waals surface area contributed by atoms with E-state index in [-0.39, 0.29) is 24.5 Å². The number of benzene rings is 2. The van der Waals surface area contributed by atoms with Crippen molar-refractivity contribution in [2.45, 2.75) is 33.2 Å². The number of H-pyrrole nitrogens is 1. The molecule has 0 fully saturated rings. The minimum atomic E-state index is -3.53. The van der Waals surface area contributed by atoms with Crippen LogP contribution in [0.5, 0.6) is 0 Å². The lowest BCUT2D eigenvalue weighted by atomic mass is 10.0. The summed E-state index contributed by atoms with van der Waals surface area (Å²) in [5, 5.41) is 8.98. The van der Waals surface area contributed by atoms with Gasteiger partial charge in [-0.2, -0.15) is 0 Å². The van der Waals surface area contributed by atoms with Gasteiger partial charge in [0.15, 0.2) is 0 Å². The molecule has 0 atom stereocenters. The number of nitrogens with one attached hydrogen (secondary N) is 2. The summed E-state index contributed by atoms with van der Waals surface area (Å²) in [5.74, 6) is -0.379. The second-order valence-electron chi connectivity index (χ2n) is 7.08. The van der Waals surface area contributed by atoms with Crippen LogP contribution in [-0.2, 0) is 21.4 Å². The van der Waals surface area contributed by atoms with E-state index in [0.717, 1.165) is 33.3 Å². The lowest BCUT2D eigenvalue weighted by Crippen LogP contribution is -2.24. The fraction of sp³-hybridized carbons (Fsp3) is 0.286. The van der Waals surface area contributed by atoms with Crippen LogP contribution in [0.2, 0.25) is 0 Å². The zero-order valence-corrected chi connectivity index (χ0v) is 16.9. The van der Waals surface area contributed by atoms with Gasteiger partial charge in [0, 0.05) is 24.0 Å². The highest BCUT2D eigenvalue weighted by molar-refractivity contribution is 7.89. The van der Waals surface area contributed by atoms with Crippen LogP contribution in [0.4, 0.5) is 0 Å². The van der Waals surface area contributed by atoms with Crippen molar-refractivity contribution >= 4 is 26.8 Å². The van der Waals surface area contributed by atoms with Crippen LogP contribution in [0.25, 0.3) is 22.2 Å². The van der Waals surface area contributed by atoms with E-state index in [4.69, 9.17) is 5.14 Å². The van der Waals surface area contributed by atoms with E-state index in [1.165, 1.54) is 5.56 Å². The summed E-state index contributed by atoms with van der Waals surface area (Å²) in [5.41, 5.74) is 6.49. The van der Waals surface area contributed by atoms with Crippen molar-refractivity contribution in [1.29, 1.82) is 0 Å². The highest BCUT2D eigenvalue weighted by Crippen LogP contribution is 2.32. The SMILES string of the molecule is Cc1cc(CNC(=O)CCCS(N)(=O)=O)c2[nH]c(-c3ccccc3)c(C)c2c1. The lowest BCUT2D eigenvalue weighted by molar-refractivity contribution is -0.121. The summed E-state index contributed by atoms with van der Waals surface area (Å²) in [7, 11) is -3.53. The van der Waals surface area contributed by atoms with Crippen molar-refractivity contribution in [2.24, 2.45) is 5.14 Å². The average molecular weight is 400 g/mol. The number of aromatic amines is 1. The van der Waals surface area contributed by atoms with Gasteiger partial charge in [0.2, 0.25) is 15.9 Å². The average Bonchev–Trinajstić information content (AvgIpc) is 2.96. The number of amides is 1. The van der Waals surface area contributed by atoms with E-state index in [2.05, 4.69) is 41.5 Å². The Morgan fingerprint density at radius 2 is 1.86 bits per heavy atom. The molecule has 0 radical (unpaired) electrons. The first-order valence-corrected chi connectivity index (χ1v) is 10.9. The molecule has 3 aromatic rings. The standard InChI is InChI=1S/C21H25N3O3S/c1-14-11-17(13-23-19(25)9-6-10-28(22,26)27)21-18(12-14)15(2)20(24-21)16-7-4-3-5-8-16/h3-5,7-8,11-12,24H,6,9-10,13H2,1-2H3,(H,23,25)(H2,22,26,27). The Bertz CT molecular complexity index is 1100. The maximum Gasteiger partial charge on any atom is 0.220 e. The largest absolute Gasteiger partial charge is 0.354 e. The number of fused-ring (bicyclic) bond motifs is 1. The number of nitrogens with two attached hydrogens (primary N) is 1. The van der Waals surface area contributed by atoms with Crippen molar-refractivity contribution in [1.82, 2.24) is 10.3 Å². The topological polar surface area (TPSA) is 105 Å². The molecule has 0 saturated carbocycles. The molecule has 3 rings (SSSR count). The summed E-state index contributed by atoms with van der Waals surface area (Å²) in [6.07, 6.45) is 0.345. The zero-order valence-electron chi connectivity index (χ0n) is 16.1. The first-order valence-electron chi connectivity index (χ1n) is 9.19. The molecule has 28 heavy (non-hydrogen) atoms. The molecule has 148 valence electrons. The summed E-state index contributed by atoms with van der Waals surface area (Å²) < 4.78 is 21.9. The minimum absolute atomic E-state index is 0.129. The molecule has 2 aromatic carbocycles. The lowest BCUT2D eigenvalue weighted by Gasteiger charge is -2.08. The van der Waals surface area contributed by atoms with Gasteiger partial charge >= 0.3 is 0 Å². The number of rotatable bonds is 7. The van der Waals surface area contributed by atoms with Crippen LogP contribution in [-0.4, -0.2) is 25.1 Å². The van der Waals surface area contributed by atoms with Gasteiger partial charge in [0.25, 0.3) is 0 Å². The third kappa shape index (κ3) is 4.79. The van der Waals surface area contributed by atoms with Gasteiger partial charge in [-0.25, -0.2) is 13.6 Å². The fourth-order valence-corrected chi connectivity index (χ4v) is 3.95. The minimum Gasteiger partial charge on any atom is -0.354 e. The van der Waals surface area contributed by atoms with Crippen LogP contribution < -0.4 is 10.5 Å². The molecule has 0 bridgehead atoms. The molecule has 1 amide bonds. The Morgan fingerprint density at radius 1 is 1.14 bits per heavy atom. The van der Waals surface area contributed by atoms with Gasteiger partial charge in [-0.05, 0) is 43.0 Å². The first-order chi connectivity index (χ1) is 13.2. The molecule has 0 aliphatic heterocycles. The molecule has 0 saturated heterocycles. The van der Waals surface area contributed by atoms with Gasteiger partial charge in [-0.15, -0.1) is 0 Å². The van der Waals surface area contributed by atoms with Crippen molar-refractivity contribution in [3.63, 3.8) is 0 Å². The number of primary sulfonamides is 1. The van der Waals surface area contributed by atoms with Gasteiger partial charge in [-0.1, -0.05) is 42.0 Å². The molecule has 0 aliphatic carbocycles. The summed E-state index contributed by atoms with van der Waals surface area (Å²) in [6, 6.07) is 14.3. The quantitative estimate of drug-likeness (QED) is 0.568. The van der Waals surface area contributed by atoms with Gasteiger partial charge in [0.05, 0.1) is 11.3 Å². The normalized spacial score (nSPS) is 11.7. The summed E-state index contributed by atoms with van der Waals surface area (Å²) in [6.45, 7) is 4.50. The number of carbonyl (C=O) groups excluding carboxylic acids is 1. The number of hydrogen-bond donors (Lipinski definition) is 3. The third-order valence-electron chi connectivity index (χ3n) is 4.76. The van der Waals surface area contributed by atoms with Crippen molar-refractivity contribution in [2.75, 3.05) is 5.75 Å². The molecule has 1 heterocycles. The van der Waals surface area contributed by atoms with Gasteiger partial charge in [0.1, 0.15) is 0 Å².